The van der Waals surface area contributed by atoms with Crippen LogP contribution in [0.1, 0.15) is 6.92 Å². The van der Waals surface area contributed by atoms with Gasteiger partial charge in [-0.2, -0.15) is 0 Å². The van der Waals surface area contributed by atoms with Gasteiger partial charge in [0.2, 0.25) is 0 Å². The minimum absolute atomic E-state index is 0. The van der Waals surface area contributed by atoms with E-state index in [9.17, 15) is 0 Å². The van der Waals surface area contributed by atoms with E-state index in [4.69, 9.17) is 11.6 Å². The van der Waals surface area contributed by atoms with Crippen molar-refractivity contribution in [1.82, 2.24) is 0 Å². The first-order valence-corrected chi connectivity index (χ1v) is 7.30. The standard InChI is InChI=1S/3C6H5.C3H5Cl.Sn/c3*1-2-4-6-5-3-1;1-2-3-4;/h3*1-5H;2-3H,1H3;/b;;;3-2-;. The number of rotatable bonds is 0. The molecule has 0 spiro atoms. The van der Waals surface area contributed by atoms with Gasteiger partial charge in [0.1, 0.15) is 0 Å². The minimum Gasteiger partial charge on any atom is -0.0933 e. The first kappa shape index (κ1) is 23.8. The molecule has 0 amide bonds. The molecule has 0 aliphatic carbocycles. The molecule has 23 heavy (non-hydrogen) atoms. The predicted molar refractivity (Wildman–Crippen MR) is 102 cm³/mol. The summed E-state index contributed by atoms with van der Waals surface area (Å²) in [5, 5.41) is 0. The molecule has 2 heteroatoms. The maximum Gasteiger partial charge on any atom is 0 e. The quantitative estimate of drug-likeness (QED) is 0.396. The largest absolute Gasteiger partial charge is 0.0933 e. The van der Waals surface area contributed by atoms with Gasteiger partial charge in [-0.3, -0.25) is 0 Å². The van der Waals surface area contributed by atoms with Crippen molar-refractivity contribution < 1.29 is 0 Å². The van der Waals surface area contributed by atoms with Gasteiger partial charge in [-0.1, -0.05) is 109 Å². The smallest absolute Gasteiger partial charge is 0 e. The molecule has 0 heterocycles. The fraction of sp³-hybridized carbons (Fsp3) is 0.0476. The Kier molecular flexibility index (Phi) is 23.5. The molecule has 0 N–H and O–H groups in total. The number of hydrogen-bond donors (Lipinski definition) is 0. The molecular weight excluding hydrogens is 406 g/mol. The molecule has 3 aromatic rings. The van der Waals surface area contributed by atoms with Crippen molar-refractivity contribution in [3.8, 4) is 0 Å². The summed E-state index contributed by atoms with van der Waals surface area (Å²) >= 11 is 5.01. The van der Waals surface area contributed by atoms with Crippen molar-refractivity contribution in [2.24, 2.45) is 0 Å². The Morgan fingerprint density at radius 2 is 0.783 bits per heavy atom. The van der Waals surface area contributed by atoms with Crippen LogP contribution in [0.3, 0.4) is 0 Å². The third-order valence-corrected chi connectivity index (χ3v) is 2.20. The van der Waals surface area contributed by atoms with Gasteiger partial charge in [0.15, 0.2) is 0 Å². The fourth-order valence-corrected chi connectivity index (χ4v) is 1.03. The summed E-state index contributed by atoms with van der Waals surface area (Å²) in [6.45, 7) is 1.87. The Bertz CT molecular complexity index is 365. The summed E-state index contributed by atoms with van der Waals surface area (Å²) in [6, 6.07) is 37.5. The molecule has 0 aliphatic rings. The fourth-order valence-electron chi connectivity index (χ4n) is 1.03. The van der Waals surface area contributed by atoms with E-state index >= 15 is 0 Å². The number of benzene rings is 3. The van der Waals surface area contributed by atoms with Crippen molar-refractivity contribution >= 4 is 35.5 Å². The zero-order valence-corrected chi connectivity index (χ0v) is 16.8. The van der Waals surface area contributed by atoms with Crippen molar-refractivity contribution in [3.05, 3.63) is 121 Å². The van der Waals surface area contributed by atoms with Crippen molar-refractivity contribution in [2.45, 2.75) is 6.92 Å². The zero-order valence-electron chi connectivity index (χ0n) is 13.2. The van der Waals surface area contributed by atoms with Gasteiger partial charge in [-0.05, 0) is 30.7 Å². The Hall–Kier alpha value is -1.51. The summed E-state index contributed by atoms with van der Waals surface area (Å²) in [5.41, 5.74) is 1.47. The molecule has 0 bridgehead atoms. The van der Waals surface area contributed by atoms with Crippen LogP contribution >= 0.6 is 11.6 Å². The molecule has 0 fully saturated rings. The normalized spacial score (nSPS) is 7.91. The third-order valence-electron chi connectivity index (χ3n) is 1.95. The molecule has 0 nitrogen and oxygen atoms in total. The topological polar surface area (TPSA) is 0 Å². The van der Waals surface area contributed by atoms with Crippen LogP contribution < -0.4 is 0 Å². The summed E-state index contributed by atoms with van der Waals surface area (Å²) in [5.74, 6) is 0. The average molecular weight is 427 g/mol. The number of hydrogen-bond acceptors (Lipinski definition) is 0. The van der Waals surface area contributed by atoms with Crippen molar-refractivity contribution in [2.75, 3.05) is 0 Å². The Balaban J connectivity index is 0. The zero-order chi connectivity index (χ0) is 16.1. The van der Waals surface area contributed by atoms with Crippen molar-refractivity contribution in [3.63, 3.8) is 0 Å². The second-order valence-electron chi connectivity index (χ2n) is 3.69. The molecule has 7 radical (unpaired) electrons. The van der Waals surface area contributed by atoms with Crippen molar-refractivity contribution in [1.29, 1.82) is 0 Å². The Labute approximate surface area is 162 Å². The Morgan fingerprint density at radius 1 is 0.565 bits per heavy atom. The van der Waals surface area contributed by atoms with Crippen LogP contribution in [0.5, 0.6) is 0 Å². The third kappa shape index (κ3) is 22.9. The van der Waals surface area contributed by atoms with E-state index < -0.39 is 0 Å². The second kappa shape index (κ2) is 22.8. The van der Waals surface area contributed by atoms with Gasteiger partial charge in [0.25, 0.3) is 0 Å². The summed E-state index contributed by atoms with van der Waals surface area (Å²) in [6.07, 6.45) is 1.77. The predicted octanol–water partition coefficient (Wildman–Crippen LogP) is 5.84. The molecule has 0 aliphatic heterocycles. The van der Waals surface area contributed by atoms with E-state index in [0.717, 1.165) is 0 Å². The molecule has 0 unspecified atom stereocenters. The molecule has 115 valence electrons. The summed E-state index contributed by atoms with van der Waals surface area (Å²) < 4.78 is 0. The molecule has 0 saturated carbocycles. The number of allylic oxidation sites excluding steroid dienone is 1. The van der Waals surface area contributed by atoms with E-state index in [1.165, 1.54) is 5.54 Å². The monoisotopic (exact) mass is 427 g/mol. The van der Waals surface area contributed by atoms with E-state index in [2.05, 4.69) is 18.2 Å². The van der Waals surface area contributed by atoms with Crippen LogP contribution in [-0.2, 0) is 0 Å². The van der Waals surface area contributed by atoms with E-state index in [1.54, 1.807) is 6.08 Å². The maximum absolute atomic E-state index is 5.01. The van der Waals surface area contributed by atoms with Gasteiger partial charge in [0, 0.05) is 23.9 Å². The van der Waals surface area contributed by atoms with Gasteiger partial charge in [-0.25, -0.2) is 0 Å². The molecular formula is C21H20ClSn. The van der Waals surface area contributed by atoms with Gasteiger partial charge in [0.05, 0.1) is 0 Å². The van der Waals surface area contributed by atoms with E-state index in [0.29, 0.717) is 0 Å². The molecule has 0 atom stereocenters. The van der Waals surface area contributed by atoms with Crippen LogP contribution in [0.25, 0.3) is 0 Å². The molecule has 3 rings (SSSR count). The SMILES string of the molecule is C/C=C\Cl.[Sn].[c]1ccccc1.[c]1ccccc1.[c]1ccccc1. The molecule has 0 saturated heterocycles. The van der Waals surface area contributed by atoms with Gasteiger partial charge >= 0.3 is 0 Å². The molecule has 0 aromatic heterocycles. The first-order chi connectivity index (χ1) is 10.9. The summed E-state index contributed by atoms with van der Waals surface area (Å²) in [7, 11) is 0. The van der Waals surface area contributed by atoms with Gasteiger partial charge < -0.3 is 0 Å². The van der Waals surface area contributed by atoms with Crippen LogP contribution in [0.4, 0.5) is 0 Å². The van der Waals surface area contributed by atoms with Crippen LogP contribution in [0.2, 0.25) is 0 Å². The first-order valence-electron chi connectivity index (χ1n) is 6.86. The average Bonchev–Trinajstić information content (AvgIpc) is 2.67. The summed E-state index contributed by atoms with van der Waals surface area (Å²) in [4.78, 5) is 0. The maximum atomic E-state index is 5.01. The Morgan fingerprint density at radius 3 is 0.826 bits per heavy atom. The van der Waals surface area contributed by atoms with Crippen LogP contribution in [-0.4, -0.2) is 23.9 Å². The second-order valence-corrected chi connectivity index (χ2v) is 3.94. The van der Waals surface area contributed by atoms with E-state index in [-0.39, 0.29) is 23.9 Å². The minimum atomic E-state index is 0. The van der Waals surface area contributed by atoms with Gasteiger partial charge in [-0.15, -0.1) is 0 Å². The van der Waals surface area contributed by atoms with Crippen LogP contribution in [0, 0.1) is 18.2 Å². The number of halogens is 1. The van der Waals surface area contributed by atoms with Crippen LogP contribution in [0.15, 0.2) is 103 Å². The molecule has 3 aromatic carbocycles. The van der Waals surface area contributed by atoms with E-state index in [1.807, 2.05) is 97.9 Å².